The normalized spacial score (nSPS) is 8.31. The molecular formula is C9H21O3Ti+. The topological polar surface area (TPSA) is 69.2 Å². The molecule has 0 aliphatic heterocycles. The second-order valence-electron chi connectivity index (χ2n) is 3.15. The minimum Gasteiger partial charge on any atom is -0.852 e. The molecule has 0 spiro atoms. The summed E-state index contributed by atoms with van der Waals surface area (Å²) in [5, 5.41) is 28.6. The number of rotatable bonds is 0. The first-order chi connectivity index (χ1) is 5.20. The minimum absolute atomic E-state index is 0. The Labute approximate surface area is 97.1 Å². The van der Waals surface area contributed by atoms with E-state index in [0.717, 1.165) is 0 Å². The van der Waals surface area contributed by atoms with Gasteiger partial charge in [-0.1, -0.05) is 41.5 Å². The van der Waals surface area contributed by atoms with Crippen molar-refractivity contribution in [1.82, 2.24) is 0 Å². The van der Waals surface area contributed by atoms with Crippen molar-refractivity contribution in [2.45, 2.75) is 59.9 Å². The van der Waals surface area contributed by atoms with Crippen LogP contribution in [0.3, 0.4) is 0 Å². The standard InChI is InChI=1S/3C3H7O.Ti/c3*1-3(2)4;/h3*3H,1-2H3;/q3*-1;+4. The molecule has 0 radical (unpaired) electrons. The van der Waals surface area contributed by atoms with Crippen molar-refractivity contribution in [1.29, 1.82) is 0 Å². The fraction of sp³-hybridized carbons (Fsp3) is 1.00. The smallest absolute Gasteiger partial charge is 0.852 e. The fourth-order valence-electron chi connectivity index (χ4n) is 0. The Morgan fingerprint density at radius 2 is 0.538 bits per heavy atom. The van der Waals surface area contributed by atoms with E-state index in [-0.39, 0.29) is 21.7 Å². The van der Waals surface area contributed by atoms with Gasteiger partial charge in [0.2, 0.25) is 0 Å². The average Bonchev–Trinajstić information content (AvgIpc) is 1.54. The summed E-state index contributed by atoms with van der Waals surface area (Å²) in [4.78, 5) is 0. The zero-order valence-corrected chi connectivity index (χ0v) is 11.0. The van der Waals surface area contributed by atoms with Crippen LogP contribution in [0.4, 0.5) is 0 Å². The largest absolute Gasteiger partial charge is 4.00 e. The molecular weight excluding hydrogens is 204 g/mol. The van der Waals surface area contributed by atoms with Crippen LogP contribution in [-0.2, 0) is 21.7 Å². The van der Waals surface area contributed by atoms with Gasteiger partial charge < -0.3 is 15.3 Å². The molecule has 0 aromatic heterocycles. The summed E-state index contributed by atoms with van der Waals surface area (Å²) in [6, 6.07) is 0. The van der Waals surface area contributed by atoms with Crippen LogP contribution in [0.25, 0.3) is 0 Å². The molecule has 4 heteroatoms. The van der Waals surface area contributed by atoms with Gasteiger partial charge in [0, 0.05) is 0 Å². The van der Waals surface area contributed by atoms with E-state index >= 15 is 0 Å². The van der Waals surface area contributed by atoms with Gasteiger partial charge in [-0.15, -0.1) is 18.3 Å². The third-order valence-corrected chi connectivity index (χ3v) is 0. The van der Waals surface area contributed by atoms with Crippen LogP contribution in [0.5, 0.6) is 0 Å². The molecule has 0 fully saturated rings. The van der Waals surface area contributed by atoms with Crippen LogP contribution in [-0.4, -0.2) is 18.3 Å². The molecule has 0 amide bonds. The maximum Gasteiger partial charge on any atom is 4.00 e. The minimum atomic E-state index is -0.417. The second kappa shape index (κ2) is 18.4. The summed E-state index contributed by atoms with van der Waals surface area (Å²) >= 11 is 0. The van der Waals surface area contributed by atoms with Gasteiger partial charge in [0.15, 0.2) is 0 Å². The van der Waals surface area contributed by atoms with E-state index in [2.05, 4.69) is 0 Å². The SMILES string of the molecule is CC(C)[O-].CC(C)[O-].CC(C)[O-].[Ti+4]. The van der Waals surface area contributed by atoms with Crippen molar-refractivity contribution < 1.29 is 37.0 Å². The van der Waals surface area contributed by atoms with Crippen molar-refractivity contribution in [2.24, 2.45) is 0 Å². The summed E-state index contributed by atoms with van der Waals surface area (Å²) in [5.74, 6) is 0. The van der Waals surface area contributed by atoms with Crippen molar-refractivity contribution in [2.75, 3.05) is 0 Å². The summed E-state index contributed by atoms with van der Waals surface area (Å²) in [6.45, 7) is 9.67. The molecule has 13 heavy (non-hydrogen) atoms. The van der Waals surface area contributed by atoms with Gasteiger partial charge in [-0.05, 0) is 0 Å². The summed E-state index contributed by atoms with van der Waals surface area (Å²) in [6.07, 6.45) is -1.25. The Morgan fingerprint density at radius 3 is 0.538 bits per heavy atom. The van der Waals surface area contributed by atoms with Crippen LogP contribution < -0.4 is 15.3 Å². The Morgan fingerprint density at radius 1 is 0.538 bits per heavy atom. The van der Waals surface area contributed by atoms with E-state index in [0.29, 0.717) is 0 Å². The molecule has 0 heterocycles. The molecule has 0 aromatic rings. The predicted molar refractivity (Wildman–Crippen MR) is 45.4 cm³/mol. The summed E-state index contributed by atoms with van der Waals surface area (Å²) < 4.78 is 0. The molecule has 0 aliphatic rings. The van der Waals surface area contributed by atoms with Gasteiger partial charge in [0.25, 0.3) is 0 Å². The number of hydrogen-bond acceptors (Lipinski definition) is 3. The first-order valence-corrected chi connectivity index (χ1v) is 4.17. The zero-order valence-electron chi connectivity index (χ0n) is 9.46. The molecule has 0 atom stereocenters. The van der Waals surface area contributed by atoms with Gasteiger partial charge in [-0.3, -0.25) is 0 Å². The monoisotopic (exact) mass is 225 g/mol. The summed E-state index contributed by atoms with van der Waals surface area (Å²) in [7, 11) is 0. The van der Waals surface area contributed by atoms with E-state index in [1.165, 1.54) is 0 Å². The summed E-state index contributed by atoms with van der Waals surface area (Å²) in [5.41, 5.74) is 0. The molecule has 0 rings (SSSR count). The molecule has 0 saturated heterocycles. The van der Waals surface area contributed by atoms with Crippen molar-refractivity contribution >= 4 is 0 Å². The van der Waals surface area contributed by atoms with Crippen LogP contribution in [0.1, 0.15) is 41.5 Å². The molecule has 0 N–H and O–H groups in total. The van der Waals surface area contributed by atoms with Gasteiger partial charge in [-0.25, -0.2) is 0 Å². The second-order valence-corrected chi connectivity index (χ2v) is 3.15. The molecule has 0 saturated carbocycles. The van der Waals surface area contributed by atoms with Gasteiger partial charge in [0.05, 0.1) is 0 Å². The third-order valence-electron chi connectivity index (χ3n) is 0. The Hall–Kier alpha value is 0.594. The Bertz CT molecular complexity index is 43.4. The van der Waals surface area contributed by atoms with Crippen LogP contribution >= 0.6 is 0 Å². The van der Waals surface area contributed by atoms with Gasteiger partial charge in [-0.2, -0.15) is 0 Å². The predicted octanol–water partition coefficient (Wildman–Crippen LogP) is -0.737. The molecule has 0 aromatic carbocycles. The van der Waals surface area contributed by atoms with E-state index in [9.17, 15) is 15.3 Å². The molecule has 78 valence electrons. The van der Waals surface area contributed by atoms with Crippen LogP contribution in [0.15, 0.2) is 0 Å². The number of hydrogen-bond donors (Lipinski definition) is 0. The molecule has 0 bridgehead atoms. The maximum absolute atomic E-state index is 9.53. The van der Waals surface area contributed by atoms with Crippen molar-refractivity contribution in [3.05, 3.63) is 0 Å². The first-order valence-electron chi connectivity index (χ1n) is 4.17. The third kappa shape index (κ3) is 4000. The van der Waals surface area contributed by atoms with E-state index in [1.54, 1.807) is 41.5 Å². The van der Waals surface area contributed by atoms with E-state index < -0.39 is 18.3 Å². The maximum atomic E-state index is 9.53. The molecule has 3 nitrogen and oxygen atoms in total. The van der Waals surface area contributed by atoms with Crippen LogP contribution in [0, 0.1) is 0 Å². The zero-order chi connectivity index (χ0) is 10.7. The molecule has 0 aliphatic carbocycles. The van der Waals surface area contributed by atoms with Crippen LogP contribution in [0.2, 0.25) is 0 Å². The molecule has 0 unspecified atom stereocenters. The average molecular weight is 225 g/mol. The Balaban J connectivity index is -0.0000000450. The van der Waals surface area contributed by atoms with E-state index in [1.807, 2.05) is 0 Å². The van der Waals surface area contributed by atoms with E-state index in [4.69, 9.17) is 0 Å². The van der Waals surface area contributed by atoms with Crippen molar-refractivity contribution in [3.63, 3.8) is 0 Å². The first kappa shape index (κ1) is 23.4. The van der Waals surface area contributed by atoms with Gasteiger partial charge in [0.1, 0.15) is 0 Å². The van der Waals surface area contributed by atoms with Gasteiger partial charge >= 0.3 is 21.7 Å². The fourth-order valence-corrected chi connectivity index (χ4v) is 0. The quantitative estimate of drug-likeness (QED) is 0.510. The Kier molecular flexibility index (Phi) is 33.1. The van der Waals surface area contributed by atoms with Crippen molar-refractivity contribution in [3.8, 4) is 0 Å².